The Balaban J connectivity index is 2.41. The van der Waals surface area contributed by atoms with Crippen LogP contribution in [0.1, 0.15) is 22.3 Å². The van der Waals surface area contributed by atoms with Crippen molar-refractivity contribution in [3.63, 3.8) is 0 Å². The van der Waals surface area contributed by atoms with Crippen LogP contribution in [0.2, 0.25) is 0 Å². The molecule has 19 heavy (non-hydrogen) atoms. The zero-order chi connectivity index (χ0) is 14.0. The van der Waals surface area contributed by atoms with Gasteiger partial charge in [-0.2, -0.15) is 0 Å². The predicted octanol–water partition coefficient (Wildman–Crippen LogP) is 3.77. The van der Waals surface area contributed by atoms with Crippen molar-refractivity contribution < 1.29 is 10.2 Å². The van der Waals surface area contributed by atoms with Crippen LogP contribution in [0.15, 0.2) is 35.3 Å². The molecular weight excluding hydrogens is 238 g/mol. The van der Waals surface area contributed by atoms with E-state index in [0.29, 0.717) is 5.56 Å². The van der Waals surface area contributed by atoms with Crippen molar-refractivity contribution in [3.8, 4) is 11.5 Å². The number of para-hydroxylation sites is 1. The van der Waals surface area contributed by atoms with E-state index < -0.39 is 0 Å². The van der Waals surface area contributed by atoms with Gasteiger partial charge in [-0.15, -0.1) is 0 Å². The quantitative estimate of drug-likeness (QED) is 0.634. The minimum atomic E-state index is -0.145. The third kappa shape index (κ3) is 2.76. The van der Waals surface area contributed by atoms with Crippen molar-refractivity contribution in [2.45, 2.75) is 20.8 Å². The highest BCUT2D eigenvalue weighted by atomic mass is 16.3. The molecule has 2 rings (SSSR count). The number of hydrogen-bond acceptors (Lipinski definition) is 3. The first-order valence-corrected chi connectivity index (χ1v) is 6.12. The van der Waals surface area contributed by atoms with Gasteiger partial charge < -0.3 is 10.2 Å². The molecule has 3 heteroatoms. The fourth-order valence-electron chi connectivity index (χ4n) is 2.16. The molecule has 0 unspecified atom stereocenters. The summed E-state index contributed by atoms with van der Waals surface area (Å²) in [5.41, 5.74) is 4.78. The second kappa shape index (κ2) is 5.14. The Kier molecular flexibility index (Phi) is 3.56. The van der Waals surface area contributed by atoms with E-state index in [-0.39, 0.29) is 11.5 Å². The Bertz CT molecular complexity index is 622. The van der Waals surface area contributed by atoms with Gasteiger partial charge in [0.2, 0.25) is 0 Å². The molecule has 2 aromatic rings. The highest BCUT2D eigenvalue weighted by molar-refractivity contribution is 5.87. The zero-order valence-corrected chi connectivity index (χ0v) is 11.3. The summed E-state index contributed by atoms with van der Waals surface area (Å²) in [4.78, 5) is 4.42. The van der Waals surface area contributed by atoms with Crippen LogP contribution < -0.4 is 0 Å². The lowest BCUT2D eigenvalue weighted by atomic mass is 10.1. The number of phenolic OH excluding ortho intramolecular Hbond substituents is 2. The molecule has 0 heterocycles. The average molecular weight is 255 g/mol. The Hall–Kier alpha value is -2.29. The zero-order valence-electron chi connectivity index (χ0n) is 11.3. The molecule has 0 aromatic heterocycles. The summed E-state index contributed by atoms with van der Waals surface area (Å²) in [6, 6.07) is 8.96. The van der Waals surface area contributed by atoms with Crippen LogP contribution in [-0.4, -0.2) is 16.4 Å². The summed E-state index contributed by atoms with van der Waals surface area (Å²) < 4.78 is 0. The third-order valence-electron chi connectivity index (χ3n) is 3.01. The van der Waals surface area contributed by atoms with Gasteiger partial charge in [-0.3, -0.25) is 4.99 Å². The minimum absolute atomic E-state index is 0.138. The van der Waals surface area contributed by atoms with Crippen LogP contribution in [0.25, 0.3) is 0 Å². The van der Waals surface area contributed by atoms with Gasteiger partial charge in [-0.05, 0) is 44.0 Å². The molecule has 98 valence electrons. The maximum absolute atomic E-state index is 9.72. The lowest BCUT2D eigenvalue weighted by Gasteiger charge is -2.06. The Morgan fingerprint density at radius 2 is 1.63 bits per heavy atom. The van der Waals surface area contributed by atoms with E-state index in [0.717, 1.165) is 16.8 Å². The molecule has 0 saturated carbocycles. The van der Waals surface area contributed by atoms with E-state index in [1.54, 1.807) is 18.3 Å². The summed E-state index contributed by atoms with van der Waals surface area (Å²) in [6.07, 6.45) is 1.57. The van der Waals surface area contributed by atoms with Crippen molar-refractivity contribution in [1.29, 1.82) is 0 Å². The Morgan fingerprint density at radius 1 is 1.00 bits per heavy atom. The summed E-state index contributed by atoms with van der Waals surface area (Å²) in [5.74, 6) is -0.282. The lowest BCUT2D eigenvalue weighted by molar-refractivity contribution is 0.403. The van der Waals surface area contributed by atoms with E-state index >= 15 is 0 Å². The van der Waals surface area contributed by atoms with Crippen molar-refractivity contribution in [2.75, 3.05) is 0 Å². The summed E-state index contributed by atoms with van der Waals surface area (Å²) in [5, 5.41) is 19.1. The molecule has 0 aliphatic carbocycles. The number of aromatic hydroxyl groups is 2. The predicted molar refractivity (Wildman–Crippen MR) is 77.7 cm³/mol. The second-order valence-electron chi connectivity index (χ2n) is 4.72. The highest BCUT2D eigenvalue weighted by Gasteiger charge is 2.05. The molecule has 0 bridgehead atoms. The lowest BCUT2D eigenvalue weighted by Crippen LogP contribution is -1.86. The largest absolute Gasteiger partial charge is 0.504 e. The molecule has 0 radical (unpaired) electrons. The molecule has 0 fully saturated rings. The molecule has 3 nitrogen and oxygen atoms in total. The first kappa shape index (κ1) is 13.1. The topological polar surface area (TPSA) is 52.8 Å². The molecule has 0 atom stereocenters. The van der Waals surface area contributed by atoms with Gasteiger partial charge in [0.15, 0.2) is 11.5 Å². The number of aryl methyl sites for hydroxylation is 3. The molecule has 0 amide bonds. The minimum Gasteiger partial charge on any atom is -0.504 e. The van der Waals surface area contributed by atoms with Gasteiger partial charge in [0.25, 0.3) is 0 Å². The van der Waals surface area contributed by atoms with Gasteiger partial charge in [0.1, 0.15) is 0 Å². The third-order valence-corrected chi connectivity index (χ3v) is 3.01. The second-order valence-corrected chi connectivity index (χ2v) is 4.72. The highest BCUT2D eigenvalue weighted by Crippen LogP contribution is 2.29. The van der Waals surface area contributed by atoms with Crippen LogP contribution in [0, 0.1) is 20.8 Å². The van der Waals surface area contributed by atoms with E-state index in [4.69, 9.17) is 0 Å². The first-order chi connectivity index (χ1) is 8.99. The van der Waals surface area contributed by atoms with Gasteiger partial charge in [0, 0.05) is 11.8 Å². The number of nitrogens with zero attached hydrogens (tertiary/aromatic N) is 1. The average Bonchev–Trinajstić information content (AvgIpc) is 2.33. The Labute approximate surface area is 112 Å². The smallest absolute Gasteiger partial charge is 0.166 e. The first-order valence-electron chi connectivity index (χ1n) is 6.12. The van der Waals surface area contributed by atoms with Gasteiger partial charge in [-0.1, -0.05) is 23.8 Å². The maximum atomic E-state index is 9.72. The molecule has 2 aromatic carbocycles. The summed E-state index contributed by atoms with van der Waals surface area (Å²) in [7, 11) is 0. The molecule has 0 spiro atoms. The molecular formula is C16H17NO2. The Morgan fingerprint density at radius 3 is 2.26 bits per heavy atom. The van der Waals surface area contributed by atoms with Crippen LogP contribution in [0.4, 0.5) is 5.69 Å². The van der Waals surface area contributed by atoms with Crippen molar-refractivity contribution in [3.05, 3.63) is 52.6 Å². The van der Waals surface area contributed by atoms with E-state index in [1.807, 2.05) is 13.8 Å². The van der Waals surface area contributed by atoms with Crippen LogP contribution >= 0.6 is 0 Å². The van der Waals surface area contributed by atoms with Crippen LogP contribution in [-0.2, 0) is 0 Å². The molecule has 0 aliphatic rings. The maximum Gasteiger partial charge on any atom is 0.166 e. The SMILES string of the molecule is Cc1cc(C)c(N=Cc2cccc(O)c2O)c(C)c1. The van der Waals surface area contributed by atoms with Crippen molar-refractivity contribution in [1.82, 2.24) is 0 Å². The molecule has 2 N–H and O–H groups in total. The molecule has 0 saturated heterocycles. The number of benzene rings is 2. The van der Waals surface area contributed by atoms with Crippen molar-refractivity contribution in [2.24, 2.45) is 4.99 Å². The van der Waals surface area contributed by atoms with Crippen molar-refractivity contribution >= 4 is 11.9 Å². The van der Waals surface area contributed by atoms with Gasteiger partial charge in [-0.25, -0.2) is 0 Å². The summed E-state index contributed by atoms with van der Waals surface area (Å²) >= 11 is 0. The number of phenols is 2. The van der Waals surface area contributed by atoms with Gasteiger partial charge >= 0.3 is 0 Å². The van der Waals surface area contributed by atoms with E-state index in [9.17, 15) is 10.2 Å². The molecule has 0 aliphatic heterocycles. The fourth-order valence-corrected chi connectivity index (χ4v) is 2.16. The van der Waals surface area contributed by atoms with Crippen LogP contribution in [0.3, 0.4) is 0 Å². The summed E-state index contributed by atoms with van der Waals surface area (Å²) in [6.45, 7) is 6.07. The number of aliphatic imine (C=N–C) groups is 1. The van der Waals surface area contributed by atoms with Gasteiger partial charge in [0.05, 0.1) is 5.69 Å². The fraction of sp³-hybridized carbons (Fsp3) is 0.188. The normalized spacial score (nSPS) is 11.1. The van der Waals surface area contributed by atoms with Crippen LogP contribution in [0.5, 0.6) is 11.5 Å². The number of hydrogen-bond donors (Lipinski definition) is 2. The standard InChI is InChI=1S/C16H17NO2/c1-10-7-11(2)15(12(3)8-10)17-9-13-5-4-6-14(18)16(13)19/h4-9,18-19H,1-3H3. The van der Waals surface area contributed by atoms with E-state index in [2.05, 4.69) is 24.0 Å². The van der Waals surface area contributed by atoms with E-state index in [1.165, 1.54) is 11.6 Å². The monoisotopic (exact) mass is 255 g/mol. The number of rotatable bonds is 2.